The van der Waals surface area contributed by atoms with Crippen LogP contribution in [-0.2, 0) is 4.79 Å². The number of carbonyl (C=O) groups excluding carboxylic acids is 2. The molecule has 0 bridgehead atoms. The number of Topliss-reactive ketones (excluding diaryl/α,β-unsaturated/α-hetero) is 1. The number of benzene rings is 1. The van der Waals surface area contributed by atoms with E-state index in [-0.39, 0.29) is 28.7 Å². The lowest BCUT2D eigenvalue weighted by molar-refractivity contribution is -0.117. The topological polar surface area (TPSA) is 73.2 Å². The molecule has 6 nitrogen and oxygen atoms in total. The number of aliphatic hydroxyl groups is 1. The van der Waals surface area contributed by atoms with Gasteiger partial charge in [0, 0.05) is 57.3 Å². The number of hydrogen-bond donors (Lipinski definition) is 1. The van der Waals surface area contributed by atoms with E-state index in [0.29, 0.717) is 43.6 Å². The highest BCUT2D eigenvalue weighted by Crippen LogP contribution is 2.35. The molecule has 1 fully saturated rings. The molecule has 0 atom stereocenters. The quantitative estimate of drug-likeness (QED) is 0.770. The van der Waals surface area contributed by atoms with Crippen molar-refractivity contribution in [3.63, 3.8) is 0 Å². The van der Waals surface area contributed by atoms with E-state index in [4.69, 9.17) is 0 Å². The predicted octanol–water partition coefficient (Wildman–Crippen LogP) is 2.86. The van der Waals surface area contributed by atoms with E-state index in [9.17, 15) is 19.1 Å². The van der Waals surface area contributed by atoms with Gasteiger partial charge in [-0.15, -0.1) is 0 Å². The number of aliphatic imine (C=N–C) groups is 1. The zero-order chi connectivity index (χ0) is 21.0. The number of hydrogen-bond acceptors (Lipinski definition) is 5. The van der Waals surface area contributed by atoms with Crippen LogP contribution in [0, 0.1) is 11.2 Å². The summed E-state index contributed by atoms with van der Waals surface area (Å²) in [6.45, 7) is 7.89. The van der Waals surface area contributed by atoms with Gasteiger partial charge in [-0.2, -0.15) is 0 Å². The first-order valence-electron chi connectivity index (χ1n) is 9.97. The van der Waals surface area contributed by atoms with E-state index in [2.05, 4.69) is 9.89 Å². The maximum atomic E-state index is 13.0. The van der Waals surface area contributed by atoms with Gasteiger partial charge in [-0.1, -0.05) is 13.8 Å². The van der Waals surface area contributed by atoms with Crippen LogP contribution in [0.1, 0.15) is 37.0 Å². The number of ketones is 1. The molecule has 1 aromatic carbocycles. The van der Waals surface area contributed by atoms with E-state index in [1.54, 1.807) is 4.90 Å². The van der Waals surface area contributed by atoms with Crippen molar-refractivity contribution in [1.82, 2.24) is 9.80 Å². The summed E-state index contributed by atoms with van der Waals surface area (Å²) in [5.41, 5.74) is 0.626. The normalized spacial score (nSPS) is 20.5. The van der Waals surface area contributed by atoms with E-state index < -0.39 is 0 Å². The van der Waals surface area contributed by atoms with Crippen molar-refractivity contribution in [3.8, 4) is 0 Å². The molecule has 3 rings (SSSR count). The molecule has 1 heterocycles. The second-order valence-electron chi connectivity index (χ2n) is 8.48. The SMILES string of the molecule is CC1(C)CC(=O)C(C=NCCN2CCN(C(=O)c3ccc(F)cc3)CC2)=C(O)C1. The summed E-state index contributed by atoms with van der Waals surface area (Å²) in [6.07, 6.45) is 2.41. The Morgan fingerprint density at radius 1 is 1.17 bits per heavy atom. The Hall–Kier alpha value is -2.54. The molecule has 1 N–H and O–H groups in total. The number of halogens is 1. The maximum absolute atomic E-state index is 13.0. The Labute approximate surface area is 170 Å². The van der Waals surface area contributed by atoms with E-state index in [1.165, 1.54) is 30.5 Å². The fourth-order valence-electron chi connectivity index (χ4n) is 3.75. The maximum Gasteiger partial charge on any atom is 0.253 e. The molecule has 156 valence electrons. The van der Waals surface area contributed by atoms with Gasteiger partial charge in [0.25, 0.3) is 5.91 Å². The monoisotopic (exact) mass is 401 g/mol. The summed E-state index contributed by atoms with van der Waals surface area (Å²) in [7, 11) is 0. The Bertz CT molecular complexity index is 822. The van der Waals surface area contributed by atoms with Gasteiger partial charge in [0.15, 0.2) is 5.78 Å². The number of carbonyl (C=O) groups is 2. The molecule has 1 aromatic rings. The lowest BCUT2D eigenvalue weighted by Gasteiger charge is -2.34. The van der Waals surface area contributed by atoms with Crippen LogP contribution < -0.4 is 0 Å². The van der Waals surface area contributed by atoms with Gasteiger partial charge in [0.2, 0.25) is 0 Å². The molecule has 0 spiro atoms. The molecule has 0 unspecified atom stereocenters. The number of nitrogens with zero attached hydrogens (tertiary/aromatic N) is 3. The van der Waals surface area contributed by atoms with Crippen LogP contribution in [0.3, 0.4) is 0 Å². The second-order valence-corrected chi connectivity index (χ2v) is 8.48. The first-order valence-corrected chi connectivity index (χ1v) is 9.97. The molecule has 1 amide bonds. The molecule has 1 saturated heterocycles. The van der Waals surface area contributed by atoms with Crippen LogP contribution >= 0.6 is 0 Å². The third-order valence-electron chi connectivity index (χ3n) is 5.41. The average molecular weight is 401 g/mol. The highest BCUT2D eigenvalue weighted by atomic mass is 19.1. The summed E-state index contributed by atoms with van der Waals surface area (Å²) >= 11 is 0. The zero-order valence-corrected chi connectivity index (χ0v) is 17.0. The van der Waals surface area contributed by atoms with Crippen LogP contribution in [0.5, 0.6) is 0 Å². The van der Waals surface area contributed by atoms with Crippen molar-refractivity contribution in [3.05, 3.63) is 47.0 Å². The molecular formula is C22H28FN3O3. The Morgan fingerprint density at radius 2 is 1.83 bits per heavy atom. The molecule has 0 radical (unpaired) electrons. The van der Waals surface area contributed by atoms with Gasteiger partial charge in [-0.3, -0.25) is 19.5 Å². The van der Waals surface area contributed by atoms with Gasteiger partial charge < -0.3 is 10.0 Å². The molecule has 1 aliphatic heterocycles. The highest BCUT2D eigenvalue weighted by Gasteiger charge is 2.32. The lowest BCUT2D eigenvalue weighted by atomic mass is 9.77. The Kier molecular flexibility index (Phi) is 6.47. The first-order chi connectivity index (χ1) is 13.7. The van der Waals surface area contributed by atoms with Gasteiger partial charge in [-0.25, -0.2) is 4.39 Å². The third kappa shape index (κ3) is 5.50. The van der Waals surface area contributed by atoms with Crippen LogP contribution in [-0.4, -0.2) is 72.1 Å². The third-order valence-corrected chi connectivity index (χ3v) is 5.41. The zero-order valence-electron chi connectivity index (χ0n) is 17.0. The van der Waals surface area contributed by atoms with E-state index in [0.717, 1.165) is 19.6 Å². The second kappa shape index (κ2) is 8.86. The fourth-order valence-corrected chi connectivity index (χ4v) is 3.75. The van der Waals surface area contributed by atoms with E-state index >= 15 is 0 Å². The Balaban J connectivity index is 1.44. The minimum absolute atomic E-state index is 0.0598. The largest absolute Gasteiger partial charge is 0.511 e. The molecule has 7 heteroatoms. The van der Waals surface area contributed by atoms with Crippen LogP contribution in [0.25, 0.3) is 0 Å². The van der Waals surface area contributed by atoms with Crippen LogP contribution in [0.4, 0.5) is 4.39 Å². The van der Waals surface area contributed by atoms with Crippen molar-refractivity contribution in [2.75, 3.05) is 39.3 Å². The number of piperazine rings is 1. The summed E-state index contributed by atoms with van der Waals surface area (Å²) < 4.78 is 13.0. The lowest BCUT2D eigenvalue weighted by Crippen LogP contribution is -2.49. The number of aliphatic hydroxyl groups excluding tert-OH is 1. The minimum atomic E-state index is -0.352. The van der Waals surface area contributed by atoms with Gasteiger partial charge in [-0.05, 0) is 29.7 Å². The van der Waals surface area contributed by atoms with Crippen molar-refractivity contribution in [2.45, 2.75) is 26.7 Å². The molecular weight excluding hydrogens is 373 g/mol. The van der Waals surface area contributed by atoms with Crippen molar-refractivity contribution in [1.29, 1.82) is 0 Å². The first kappa shape index (κ1) is 21.2. The number of amides is 1. The molecule has 2 aliphatic rings. The molecule has 1 aliphatic carbocycles. The van der Waals surface area contributed by atoms with E-state index in [1.807, 2.05) is 13.8 Å². The van der Waals surface area contributed by atoms with Crippen molar-refractivity contribution >= 4 is 17.9 Å². The molecule has 0 saturated carbocycles. The summed E-state index contributed by atoms with van der Waals surface area (Å²) in [5, 5.41) is 10.1. The fraction of sp³-hybridized carbons (Fsp3) is 0.500. The smallest absolute Gasteiger partial charge is 0.253 e. The van der Waals surface area contributed by atoms with Crippen LogP contribution in [0.2, 0.25) is 0 Å². The molecule has 0 aromatic heterocycles. The van der Waals surface area contributed by atoms with Crippen LogP contribution in [0.15, 0.2) is 40.6 Å². The van der Waals surface area contributed by atoms with Gasteiger partial charge >= 0.3 is 0 Å². The predicted molar refractivity (Wildman–Crippen MR) is 110 cm³/mol. The average Bonchev–Trinajstić information content (AvgIpc) is 2.66. The molecule has 29 heavy (non-hydrogen) atoms. The number of allylic oxidation sites excluding steroid dienone is 2. The van der Waals surface area contributed by atoms with Gasteiger partial charge in [0.05, 0.1) is 12.1 Å². The van der Waals surface area contributed by atoms with Gasteiger partial charge in [0.1, 0.15) is 11.6 Å². The standard InChI is InChI=1S/C22H28FN3O3/c1-22(2)13-19(27)18(20(28)14-22)15-24-7-8-25-9-11-26(12-10-25)21(29)16-3-5-17(23)6-4-16/h3-6,15,27H,7-14H2,1-2H3. The van der Waals surface area contributed by atoms with Crippen molar-refractivity contribution in [2.24, 2.45) is 10.4 Å². The van der Waals surface area contributed by atoms with Crippen molar-refractivity contribution < 1.29 is 19.1 Å². The minimum Gasteiger partial charge on any atom is -0.511 e. The highest BCUT2D eigenvalue weighted by molar-refractivity contribution is 6.14. The summed E-state index contributed by atoms with van der Waals surface area (Å²) in [4.78, 5) is 33.0. The summed E-state index contributed by atoms with van der Waals surface area (Å²) in [6, 6.07) is 5.62. The number of rotatable bonds is 5. The Morgan fingerprint density at radius 3 is 2.45 bits per heavy atom. The summed E-state index contributed by atoms with van der Waals surface area (Å²) in [5.74, 6) is -0.364.